The number of aryl methyl sites for hydroxylation is 1. The summed E-state index contributed by atoms with van der Waals surface area (Å²) in [7, 11) is 3.96. The third-order valence-corrected chi connectivity index (χ3v) is 2.91. The van der Waals surface area contributed by atoms with E-state index in [9.17, 15) is 0 Å². The van der Waals surface area contributed by atoms with Gasteiger partial charge in [-0.2, -0.15) is 0 Å². The number of aromatic nitrogens is 2. The quantitative estimate of drug-likeness (QED) is 0.888. The SMILES string of the molecule is CNCc1nc2cccc(Br)c2n1C. The molecule has 4 heteroatoms. The summed E-state index contributed by atoms with van der Waals surface area (Å²) in [5.74, 6) is 1.05. The van der Waals surface area contributed by atoms with Crippen LogP contribution in [0, 0.1) is 0 Å². The Balaban J connectivity index is 2.68. The highest BCUT2D eigenvalue weighted by Gasteiger charge is 2.08. The van der Waals surface area contributed by atoms with Crippen molar-refractivity contribution in [2.24, 2.45) is 7.05 Å². The molecule has 1 heterocycles. The van der Waals surface area contributed by atoms with Crippen molar-refractivity contribution in [1.29, 1.82) is 0 Å². The largest absolute Gasteiger partial charge is 0.329 e. The number of hydrogen-bond donors (Lipinski definition) is 1. The molecule has 14 heavy (non-hydrogen) atoms. The topological polar surface area (TPSA) is 29.9 Å². The molecule has 2 aromatic rings. The van der Waals surface area contributed by atoms with E-state index in [-0.39, 0.29) is 0 Å². The molecule has 0 saturated heterocycles. The van der Waals surface area contributed by atoms with E-state index in [1.807, 2.05) is 32.3 Å². The minimum absolute atomic E-state index is 0.789. The molecule has 0 aliphatic rings. The van der Waals surface area contributed by atoms with Crippen LogP contribution >= 0.6 is 15.9 Å². The lowest BCUT2D eigenvalue weighted by Gasteiger charge is -2.01. The van der Waals surface area contributed by atoms with E-state index in [1.165, 1.54) is 0 Å². The Hall–Kier alpha value is -0.870. The lowest BCUT2D eigenvalue weighted by Crippen LogP contribution is -2.10. The lowest BCUT2D eigenvalue weighted by molar-refractivity contribution is 0.718. The van der Waals surface area contributed by atoms with Crippen molar-refractivity contribution in [3.63, 3.8) is 0 Å². The van der Waals surface area contributed by atoms with Crippen molar-refractivity contribution in [3.05, 3.63) is 28.5 Å². The van der Waals surface area contributed by atoms with Gasteiger partial charge in [-0.25, -0.2) is 4.98 Å². The zero-order valence-corrected chi connectivity index (χ0v) is 9.80. The Labute approximate surface area is 91.3 Å². The Morgan fingerprint density at radius 1 is 1.50 bits per heavy atom. The fraction of sp³-hybridized carbons (Fsp3) is 0.300. The van der Waals surface area contributed by atoms with Crippen molar-refractivity contribution in [2.45, 2.75) is 6.54 Å². The van der Waals surface area contributed by atoms with Gasteiger partial charge in [0.25, 0.3) is 0 Å². The minimum Gasteiger partial charge on any atom is -0.329 e. The summed E-state index contributed by atoms with van der Waals surface area (Å²) in [4.78, 5) is 4.53. The molecule has 0 aliphatic carbocycles. The molecule has 0 saturated carbocycles. The van der Waals surface area contributed by atoms with E-state index in [0.717, 1.165) is 27.9 Å². The normalized spacial score (nSPS) is 11.1. The van der Waals surface area contributed by atoms with Gasteiger partial charge in [0.15, 0.2) is 0 Å². The van der Waals surface area contributed by atoms with E-state index >= 15 is 0 Å². The molecule has 0 atom stereocenters. The van der Waals surface area contributed by atoms with Crippen molar-refractivity contribution in [3.8, 4) is 0 Å². The predicted molar refractivity (Wildman–Crippen MR) is 61.2 cm³/mol. The van der Waals surface area contributed by atoms with Crippen LogP contribution in [0.2, 0.25) is 0 Å². The van der Waals surface area contributed by atoms with Crippen LogP contribution in [-0.4, -0.2) is 16.6 Å². The standard InChI is InChI=1S/C10H12BrN3/c1-12-6-9-13-8-5-3-4-7(11)10(8)14(9)2/h3-5,12H,6H2,1-2H3. The number of halogens is 1. The summed E-state index contributed by atoms with van der Waals surface area (Å²) in [5, 5.41) is 3.11. The number of nitrogens with zero attached hydrogens (tertiary/aromatic N) is 2. The molecule has 1 aromatic heterocycles. The summed E-state index contributed by atoms with van der Waals surface area (Å²) in [5.41, 5.74) is 2.19. The molecular weight excluding hydrogens is 242 g/mol. The number of fused-ring (bicyclic) bond motifs is 1. The van der Waals surface area contributed by atoms with Crippen LogP contribution in [-0.2, 0) is 13.6 Å². The highest BCUT2D eigenvalue weighted by atomic mass is 79.9. The second-order valence-corrected chi connectivity index (χ2v) is 4.08. The number of rotatable bonds is 2. The highest BCUT2D eigenvalue weighted by molar-refractivity contribution is 9.10. The van der Waals surface area contributed by atoms with Crippen molar-refractivity contribution >= 4 is 27.0 Å². The van der Waals surface area contributed by atoms with Crippen LogP contribution in [0.15, 0.2) is 22.7 Å². The molecule has 74 valence electrons. The molecule has 0 unspecified atom stereocenters. The third-order valence-electron chi connectivity index (χ3n) is 2.27. The van der Waals surface area contributed by atoms with Crippen LogP contribution in [0.5, 0.6) is 0 Å². The van der Waals surface area contributed by atoms with Gasteiger partial charge in [0.05, 0.1) is 17.6 Å². The van der Waals surface area contributed by atoms with Gasteiger partial charge in [0.2, 0.25) is 0 Å². The second kappa shape index (κ2) is 3.71. The van der Waals surface area contributed by atoms with Crippen molar-refractivity contribution in [1.82, 2.24) is 14.9 Å². The smallest absolute Gasteiger partial charge is 0.123 e. The average molecular weight is 254 g/mol. The van der Waals surface area contributed by atoms with Gasteiger partial charge >= 0.3 is 0 Å². The highest BCUT2D eigenvalue weighted by Crippen LogP contribution is 2.23. The summed E-state index contributed by atoms with van der Waals surface area (Å²) in [6.45, 7) is 0.789. The van der Waals surface area contributed by atoms with E-state index in [2.05, 4.69) is 30.8 Å². The molecule has 0 fully saturated rings. The molecule has 0 bridgehead atoms. The summed E-state index contributed by atoms with van der Waals surface area (Å²) >= 11 is 3.53. The van der Waals surface area contributed by atoms with Crippen molar-refractivity contribution in [2.75, 3.05) is 7.05 Å². The third kappa shape index (κ3) is 1.44. The molecule has 2 rings (SSSR count). The molecule has 3 nitrogen and oxygen atoms in total. The predicted octanol–water partition coefficient (Wildman–Crippen LogP) is 2.06. The Bertz CT molecular complexity index is 462. The molecular formula is C10H12BrN3. The van der Waals surface area contributed by atoms with Gasteiger partial charge in [-0.3, -0.25) is 0 Å². The van der Waals surface area contributed by atoms with Crippen LogP contribution in [0.1, 0.15) is 5.82 Å². The first-order valence-corrected chi connectivity index (χ1v) is 5.27. The molecule has 0 radical (unpaired) electrons. The maximum Gasteiger partial charge on any atom is 0.123 e. The van der Waals surface area contributed by atoms with E-state index in [0.29, 0.717) is 0 Å². The first-order chi connectivity index (χ1) is 6.74. The number of hydrogen-bond acceptors (Lipinski definition) is 2. The van der Waals surface area contributed by atoms with E-state index in [4.69, 9.17) is 0 Å². The van der Waals surface area contributed by atoms with Crippen LogP contribution in [0.25, 0.3) is 11.0 Å². The zero-order chi connectivity index (χ0) is 10.1. The van der Waals surface area contributed by atoms with Crippen LogP contribution in [0.3, 0.4) is 0 Å². The number of para-hydroxylation sites is 1. The average Bonchev–Trinajstić information content (AvgIpc) is 2.46. The van der Waals surface area contributed by atoms with Crippen LogP contribution in [0.4, 0.5) is 0 Å². The monoisotopic (exact) mass is 253 g/mol. The van der Waals surface area contributed by atoms with E-state index in [1.54, 1.807) is 0 Å². The molecule has 0 spiro atoms. The first kappa shape index (κ1) is 9.68. The molecule has 0 amide bonds. The van der Waals surface area contributed by atoms with E-state index < -0.39 is 0 Å². The van der Waals surface area contributed by atoms with Crippen molar-refractivity contribution < 1.29 is 0 Å². The maximum atomic E-state index is 4.53. The maximum absolute atomic E-state index is 4.53. The summed E-state index contributed by atoms with van der Waals surface area (Å²) in [6.07, 6.45) is 0. The minimum atomic E-state index is 0.789. The number of nitrogens with one attached hydrogen (secondary N) is 1. The molecule has 0 aliphatic heterocycles. The van der Waals surface area contributed by atoms with Crippen LogP contribution < -0.4 is 5.32 Å². The first-order valence-electron chi connectivity index (χ1n) is 4.48. The fourth-order valence-electron chi connectivity index (χ4n) is 1.59. The number of imidazole rings is 1. The van der Waals surface area contributed by atoms with Gasteiger partial charge in [0.1, 0.15) is 5.82 Å². The fourth-order valence-corrected chi connectivity index (χ4v) is 2.21. The summed E-state index contributed by atoms with van der Waals surface area (Å²) < 4.78 is 3.20. The zero-order valence-electron chi connectivity index (χ0n) is 8.21. The Morgan fingerprint density at radius 2 is 2.29 bits per heavy atom. The molecule has 1 N–H and O–H groups in total. The summed E-state index contributed by atoms with van der Waals surface area (Å²) in [6, 6.07) is 6.06. The Morgan fingerprint density at radius 3 is 2.93 bits per heavy atom. The lowest BCUT2D eigenvalue weighted by atomic mass is 10.3. The van der Waals surface area contributed by atoms with Gasteiger partial charge in [-0.1, -0.05) is 6.07 Å². The molecule has 1 aromatic carbocycles. The number of benzene rings is 1. The second-order valence-electron chi connectivity index (χ2n) is 3.22. The van der Waals surface area contributed by atoms with Gasteiger partial charge in [-0.15, -0.1) is 0 Å². The van der Waals surface area contributed by atoms with Gasteiger partial charge in [-0.05, 0) is 35.1 Å². The Kier molecular flexibility index (Phi) is 2.56. The van der Waals surface area contributed by atoms with Gasteiger partial charge in [0, 0.05) is 11.5 Å². The van der Waals surface area contributed by atoms with Gasteiger partial charge < -0.3 is 9.88 Å².